The van der Waals surface area contributed by atoms with Gasteiger partial charge in [0.1, 0.15) is 11.8 Å². The van der Waals surface area contributed by atoms with Gasteiger partial charge in [-0.25, -0.2) is 4.98 Å². The highest BCUT2D eigenvalue weighted by Crippen LogP contribution is 2.31. The summed E-state index contributed by atoms with van der Waals surface area (Å²) in [6.45, 7) is 1.82. The van der Waals surface area contributed by atoms with Crippen molar-refractivity contribution < 1.29 is 17.9 Å². The van der Waals surface area contributed by atoms with Crippen molar-refractivity contribution in [3.05, 3.63) is 54.2 Å². The summed E-state index contributed by atoms with van der Waals surface area (Å²) < 4.78 is 45.3. The fourth-order valence-electron chi connectivity index (χ4n) is 3.17. The number of hydrogen-bond donors (Lipinski definition) is 2. The van der Waals surface area contributed by atoms with Crippen molar-refractivity contribution in [1.82, 2.24) is 25.1 Å². The first-order valence-electron chi connectivity index (χ1n) is 9.51. The molecule has 1 atom stereocenters. The first-order chi connectivity index (χ1) is 14.4. The molecule has 0 saturated heterocycles. The van der Waals surface area contributed by atoms with Crippen molar-refractivity contribution in [3.63, 3.8) is 0 Å². The highest BCUT2D eigenvalue weighted by molar-refractivity contribution is 5.69. The first-order valence-corrected chi connectivity index (χ1v) is 9.51. The van der Waals surface area contributed by atoms with Crippen LogP contribution in [0.3, 0.4) is 0 Å². The Hall–Kier alpha value is -3.14. The normalized spacial score (nSPS) is 15.9. The Morgan fingerprint density at radius 3 is 2.77 bits per heavy atom. The average Bonchev–Trinajstić information content (AvgIpc) is 3.17. The minimum absolute atomic E-state index is 0.0972. The SMILES string of the molecule is Cn1cc(-c2cnc3c(c2)NCC(CNCCc2ccc(C(F)(F)F)nc2)O3)cn1. The maximum Gasteiger partial charge on any atom is 0.433 e. The fourth-order valence-corrected chi connectivity index (χ4v) is 3.17. The second-order valence-electron chi connectivity index (χ2n) is 7.10. The number of pyridine rings is 2. The first kappa shape index (κ1) is 20.1. The number of aryl methyl sites for hydroxylation is 1. The lowest BCUT2D eigenvalue weighted by atomic mass is 10.1. The number of fused-ring (bicyclic) bond motifs is 1. The number of nitrogens with zero attached hydrogens (tertiary/aromatic N) is 4. The van der Waals surface area contributed by atoms with E-state index in [1.807, 2.05) is 19.3 Å². The van der Waals surface area contributed by atoms with E-state index in [-0.39, 0.29) is 6.10 Å². The molecule has 3 aromatic rings. The van der Waals surface area contributed by atoms with Gasteiger partial charge in [0.25, 0.3) is 0 Å². The molecule has 0 spiro atoms. The van der Waals surface area contributed by atoms with Crippen LogP contribution in [-0.2, 0) is 19.6 Å². The Kier molecular flexibility index (Phi) is 5.58. The van der Waals surface area contributed by atoms with Gasteiger partial charge < -0.3 is 15.4 Å². The fraction of sp³-hybridized carbons (Fsp3) is 0.350. The van der Waals surface area contributed by atoms with Gasteiger partial charge in [0, 0.05) is 43.3 Å². The number of ether oxygens (including phenoxy) is 1. The largest absolute Gasteiger partial charge is 0.470 e. The highest BCUT2D eigenvalue weighted by Gasteiger charge is 2.32. The van der Waals surface area contributed by atoms with Crippen molar-refractivity contribution in [3.8, 4) is 17.0 Å². The minimum Gasteiger partial charge on any atom is -0.470 e. The Morgan fingerprint density at radius 1 is 1.20 bits per heavy atom. The van der Waals surface area contributed by atoms with Crippen LogP contribution in [0.25, 0.3) is 11.1 Å². The lowest BCUT2D eigenvalue weighted by Gasteiger charge is -2.27. The maximum atomic E-state index is 12.5. The Labute approximate surface area is 171 Å². The van der Waals surface area contributed by atoms with E-state index in [2.05, 4.69) is 25.7 Å². The predicted octanol–water partition coefficient (Wildman–Crippen LogP) is 2.90. The lowest BCUT2D eigenvalue weighted by Crippen LogP contribution is -2.40. The van der Waals surface area contributed by atoms with Gasteiger partial charge in [-0.1, -0.05) is 6.07 Å². The summed E-state index contributed by atoms with van der Waals surface area (Å²) >= 11 is 0. The van der Waals surface area contributed by atoms with Gasteiger partial charge in [0.15, 0.2) is 0 Å². The third-order valence-corrected chi connectivity index (χ3v) is 4.77. The van der Waals surface area contributed by atoms with Crippen LogP contribution >= 0.6 is 0 Å². The molecule has 0 aromatic carbocycles. The van der Waals surface area contributed by atoms with E-state index >= 15 is 0 Å². The van der Waals surface area contributed by atoms with Crippen molar-refractivity contribution in [2.24, 2.45) is 7.05 Å². The van der Waals surface area contributed by atoms with Gasteiger partial charge in [-0.15, -0.1) is 0 Å². The second kappa shape index (κ2) is 8.31. The molecule has 4 heterocycles. The van der Waals surface area contributed by atoms with Crippen molar-refractivity contribution in [1.29, 1.82) is 0 Å². The molecule has 1 aliphatic rings. The van der Waals surface area contributed by atoms with E-state index in [1.165, 1.54) is 12.3 Å². The van der Waals surface area contributed by atoms with Gasteiger partial charge in [-0.3, -0.25) is 9.67 Å². The lowest BCUT2D eigenvalue weighted by molar-refractivity contribution is -0.141. The van der Waals surface area contributed by atoms with Crippen molar-refractivity contribution in [2.45, 2.75) is 18.7 Å². The summed E-state index contributed by atoms with van der Waals surface area (Å²) in [7, 11) is 1.86. The van der Waals surface area contributed by atoms with Crippen LogP contribution in [0.1, 0.15) is 11.3 Å². The smallest absolute Gasteiger partial charge is 0.433 e. The Bertz CT molecular complexity index is 1000. The van der Waals surface area contributed by atoms with E-state index in [1.54, 1.807) is 17.1 Å². The van der Waals surface area contributed by atoms with E-state index in [0.29, 0.717) is 31.9 Å². The zero-order valence-corrected chi connectivity index (χ0v) is 16.3. The van der Waals surface area contributed by atoms with Crippen LogP contribution < -0.4 is 15.4 Å². The molecule has 2 N–H and O–H groups in total. The number of alkyl halides is 3. The van der Waals surface area contributed by atoms with E-state index in [9.17, 15) is 13.2 Å². The summed E-state index contributed by atoms with van der Waals surface area (Å²) in [6, 6.07) is 4.45. The molecule has 0 fully saturated rings. The number of rotatable bonds is 6. The quantitative estimate of drug-likeness (QED) is 0.600. The zero-order chi connectivity index (χ0) is 21.1. The summed E-state index contributed by atoms with van der Waals surface area (Å²) in [5.41, 5.74) is 2.64. The van der Waals surface area contributed by atoms with E-state index < -0.39 is 11.9 Å². The summed E-state index contributed by atoms with van der Waals surface area (Å²) in [5, 5.41) is 10.8. The molecule has 1 unspecified atom stereocenters. The number of halogens is 3. The van der Waals surface area contributed by atoms with Crippen LogP contribution in [0.2, 0.25) is 0 Å². The molecular formula is C20H21F3N6O. The minimum atomic E-state index is -4.41. The molecule has 7 nitrogen and oxygen atoms in total. The number of aromatic nitrogens is 4. The highest BCUT2D eigenvalue weighted by atomic mass is 19.4. The third-order valence-electron chi connectivity index (χ3n) is 4.77. The standard InChI is InChI=1S/C20H21F3N6O/c1-29-12-15(9-28-29)14-6-17-19(27-8-14)30-16(11-25-17)10-24-5-4-13-2-3-18(26-7-13)20(21,22)23/h2-3,6-9,12,16,24-25H,4-5,10-11H2,1H3. The molecule has 4 rings (SSSR count). The molecule has 10 heteroatoms. The molecular weight excluding hydrogens is 397 g/mol. The Balaban J connectivity index is 1.25. The summed E-state index contributed by atoms with van der Waals surface area (Å²) in [5.74, 6) is 0.549. The number of hydrogen-bond acceptors (Lipinski definition) is 6. The van der Waals surface area contributed by atoms with Gasteiger partial charge in [0.05, 0.1) is 18.4 Å². The third kappa shape index (κ3) is 4.70. The topological polar surface area (TPSA) is 76.9 Å². The van der Waals surface area contributed by atoms with Gasteiger partial charge in [0.2, 0.25) is 5.88 Å². The zero-order valence-electron chi connectivity index (χ0n) is 16.3. The Morgan fingerprint density at radius 2 is 2.07 bits per heavy atom. The van der Waals surface area contributed by atoms with Gasteiger partial charge >= 0.3 is 6.18 Å². The molecule has 0 bridgehead atoms. The molecule has 0 radical (unpaired) electrons. The van der Waals surface area contributed by atoms with Crippen LogP contribution in [0.5, 0.6) is 5.88 Å². The van der Waals surface area contributed by atoms with Crippen LogP contribution in [0.4, 0.5) is 18.9 Å². The second-order valence-corrected chi connectivity index (χ2v) is 7.10. The van der Waals surface area contributed by atoms with Gasteiger partial charge in [-0.2, -0.15) is 18.3 Å². The maximum absolute atomic E-state index is 12.5. The summed E-state index contributed by atoms with van der Waals surface area (Å²) in [6.07, 6.45) is 2.80. The summed E-state index contributed by atoms with van der Waals surface area (Å²) in [4.78, 5) is 7.88. The van der Waals surface area contributed by atoms with Crippen LogP contribution in [0.15, 0.2) is 43.0 Å². The molecule has 0 amide bonds. The molecule has 3 aromatic heterocycles. The average molecular weight is 418 g/mol. The van der Waals surface area contributed by atoms with E-state index in [4.69, 9.17) is 4.74 Å². The van der Waals surface area contributed by atoms with E-state index in [0.717, 1.165) is 28.4 Å². The molecule has 0 saturated carbocycles. The van der Waals surface area contributed by atoms with Crippen LogP contribution in [-0.4, -0.2) is 45.5 Å². The predicted molar refractivity (Wildman–Crippen MR) is 105 cm³/mol. The van der Waals surface area contributed by atoms with Crippen molar-refractivity contribution in [2.75, 3.05) is 25.0 Å². The van der Waals surface area contributed by atoms with Crippen LogP contribution in [0, 0.1) is 0 Å². The van der Waals surface area contributed by atoms with Crippen molar-refractivity contribution >= 4 is 5.69 Å². The monoisotopic (exact) mass is 418 g/mol. The number of anilines is 1. The molecule has 0 aliphatic carbocycles. The van der Waals surface area contributed by atoms with Gasteiger partial charge in [-0.05, 0) is 30.7 Å². The molecule has 158 valence electrons. The molecule has 1 aliphatic heterocycles. The molecule has 30 heavy (non-hydrogen) atoms. The number of nitrogens with one attached hydrogen (secondary N) is 2.